The molecule has 1 fully saturated rings. The van der Waals surface area contributed by atoms with Gasteiger partial charge in [0.25, 0.3) is 5.91 Å². The first-order valence-electron chi connectivity index (χ1n) is 9.05. The quantitative estimate of drug-likeness (QED) is 0.786. The molecule has 0 unspecified atom stereocenters. The third-order valence-corrected chi connectivity index (χ3v) is 4.81. The minimum atomic E-state index is 0.131. The van der Waals surface area contributed by atoms with Crippen LogP contribution in [0.1, 0.15) is 40.3 Å². The number of nitrogens with one attached hydrogen (secondary N) is 1. The van der Waals surface area contributed by atoms with Gasteiger partial charge in [-0.25, -0.2) is 9.97 Å². The molecule has 0 radical (unpaired) electrons. The van der Waals surface area contributed by atoms with Crippen molar-refractivity contribution < 1.29 is 4.79 Å². The van der Waals surface area contributed by atoms with Crippen LogP contribution in [0.15, 0.2) is 36.5 Å². The average molecular weight is 349 g/mol. The van der Waals surface area contributed by atoms with Gasteiger partial charge in [0.05, 0.1) is 12.2 Å². The standard InChI is InChI=1S/C20H23N5O/c1-14-11-15(2)25-13-18(23-20(25)22-14)12-21-17-7-5-16(6-8-17)19(26)24-9-3-4-10-24/h5-8,11,13,21H,3-4,9-10,12H2,1-2H3. The zero-order chi connectivity index (χ0) is 18.1. The zero-order valence-electron chi connectivity index (χ0n) is 15.2. The number of anilines is 1. The summed E-state index contributed by atoms with van der Waals surface area (Å²) in [5, 5.41) is 3.36. The molecule has 2 aromatic heterocycles. The molecule has 3 aromatic rings. The summed E-state index contributed by atoms with van der Waals surface area (Å²) in [7, 11) is 0. The van der Waals surface area contributed by atoms with Crippen molar-refractivity contribution in [1.29, 1.82) is 0 Å². The highest BCUT2D eigenvalue weighted by Gasteiger charge is 2.19. The highest BCUT2D eigenvalue weighted by molar-refractivity contribution is 5.94. The Morgan fingerprint density at radius 1 is 1.12 bits per heavy atom. The number of benzene rings is 1. The van der Waals surface area contributed by atoms with Crippen molar-refractivity contribution in [2.45, 2.75) is 33.2 Å². The molecular formula is C20H23N5O. The average Bonchev–Trinajstić information content (AvgIpc) is 3.29. The number of amides is 1. The summed E-state index contributed by atoms with van der Waals surface area (Å²) < 4.78 is 2.00. The second-order valence-corrected chi connectivity index (χ2v) is 6.87. The lowest BCUT2D eigenvalue weighted by Crippen LogP contribution is -2.27. The maximum absolute atomic E-state index is 12.4. The fourth-order valence-corrected chi connectivity index (χ4v) is 3.43. The van der Waals surface area contributed by atoms with E-state index in [4.69, 9.17) is 0 Å². The van der Waals surface area contributed by atoms with Crippen molar-refractivity contribution in [1.82, 2.24) is 19.3 Å². The van der Waals surface area contributed by atoms with Crippen LogP contribution in [0.3, 0.4) is 0 Å². The van der Waals surface area contributed by atoms with Crippen molar-refractivity contribution in [3.8, 4) is 0 Å². The second-order valence-electron chi connectivity index (χ2n) is 6.87. The van der Waals surface area contributed by atoms with Gasteiger partial charge in [-0.05, 0) is 57.0 Å². The van der Waals surface area contributed by atoms with Gasteiger partial charge in [-0.15, -0.1) is 0 Å². The normalized spacial score (nSPS) is 14.2. The van der Waals surface area contributed by atoms with E-state index >= 15 is 0 Å². The highest BCUT2D eigenvalue weighted by Crippen LogP contribution is 2.16. The van der Waals surface area contributed by atoms with Crippen LogP contribution in [0.5, 0.6) is 0 Å². The molecule has 0 saturated carbocycles. The van der Waals surface area contributed by atoms with E-state index in [-0.39, 0.29) is 5.91 Å². The number of rotatable bonds is 4. The first-order valence-corrected chi connectivity index (χ1v) is 9.05. The number of carbonyl (C=O) groups is 1. The van der Waals surface area contributed by atoms with Gasteiger partial charge in [0.1, 0.15) is 0 Å². The third-order valence-electron chi connectivity index (χ3n) is 4.81. The van der Waals surface area contributed by atoms with Crippen LogP contribution in [0.2, 0.25) is 0 Å². The number of hydrogen-bond acceptors (Lipinski definition) is 4. The van der Waals surface area contributed by atoms with E-state index < -0.39 is 0 Å². The molecule has 1 N–H and O–H groups in total. The Morgan fingerprint density at radius 2 is 1.85 bits per heavy atom. The van der Waals surface area contributed by atoms with Crippen LogP contribution in [0.25, 0.3) is 5.78 Å². The van der Waals surface area contributed by atoms with Crippen LogP contribution in [0.4, 0.5) is 5.69 Å². The van der Waals surface area contributed by atoms with E-state index in [1.807, 2.05) is 52.8 Å². The molecule has 6 heteroatoms. The summed E-state index contributed by atoms with van der Waals surface area (Å²) in [6.07, 6.45) is 4.23. The maximum Gasteiger partial charge on any atom is 0.253 e. The fraction of sp³-hybridized carbons (Fsp3) is 0.350. The van der Waals surface area contributed by atoms with Crippen molar-refractivity contribution in [2.75, 3.05) is 18.4 Å². The van der Waals surface area contributed by atoms with Crippen molar-refractivity contribution in [3.05, 3.63) is 59.2 Å². The molecule has 1 aliphatic heterocycles. The topological polar surface area (TPSA) is 62.5 Å². The largest absolute Gasteiger partial charge is 0.379 e. The van der Waals surface area contributed by atoms with Crippen LogP contribution in [0, 0.1) is 13.8 Å². The lowest BCUT2D eigenvalue weighted by atomic mass is 10.2. The van der Waals surface area contributed by atoms with E-state index in [0.717, 1.165) is 60.0 Å². The SMILES string of the molecule is Cc1cc(C)n2cc(CNc3ccc(C(=O)N4CCCC4)cc3)nc2n1. The van der Waals surface area contributed by atoms with Crippen molar-refractivity contribution >= 4 is 17.4 Å². The molecule has 26 heavy (non-hydrogen) atoms. The summed E-state index contributed by atoms with van der Waals surface area (Å²) >= 11 is 0. The number of hydrogen-bond donors (Lipinski definition) is 1. The molecular weight excluding hydrogens is 326 g/mol. The first-order chi connectivity index (χ1) is 12.6. The van der Waals surface area contributed by atoms with Gasteiger partial charge in [-0.2, -0.15) is 0 Å². The molecule has 0 atom stereocenters. The summed E-state index contributed by atoms with van der Waals surface area (Å²) in [5.74, 6) is 0.858. The Kier molecular flexibility index (Phi) is 4.32. The number of aryl methyl sites for hydroxylation is 2. The molecule has 4 rings (SSSR count). The molecule has 1 amide bonds. The third kappa shape index (κ3) is 3.27. The zero-order valence-corrected chi connectivity index (χ0v) is 15.2. The molecule has 3 heterocycles. The molecule has 1 aromatic carbocycles. The van der Waals surface area contributed by atoms with Gasteiger partial charge >= 0.3 is 0 Å². The summed E-state index contributed by atoms with van der Waals surface area (Å²) in [6.45, 7) is 6.39. The number of aromatic nitrogens is 3. The van der Waals surface area contributed by atoms with E-state index in [0.29, 0.717) is 6.54 Å². The summed E-state index contributed by atoms with van der Waals surface area (Å²) in [6, 6.07) is 9.73. The Labute approximate surface area is 152 Å². The lowest BCUT2D eigenvalue weighted by Gasteiger charge is -2.15. The summed E-state index contributed by atoms with van der Waals surface area (Å²) in [4.78, 5) is 23.3. The van der Waals surface area contributed by atoms with Gasteiger partial charge < -0.3 is 10.2 Å². The predicted octanol–water partition coefficient (Wildman–Crippen LogP) is 3.19. The Hall–Kier alpha value is -2.89. The van der Waals surface area contributed by atoms with Gasteiger partial charge in [-0.3, -0.25) is 9.20 Å². The van der Waals surface area contributed by atoms with Crippen molar-refractivity contribution in [3.63, 3.8) is 0 Å². The molecule has 6 nitrogen and oxygen atoms in total. The highest BCUT2D eigenvalue weighted by atomic mass is 16.2. The number of imidazole rings is 1. The number of fused-ring (bicyclic) bond motifs is 1. The molecule has 0 aliphatic carbocycles. The minimum Gasteiger partial charge on any atom is -0.379 e. The Morgan fingerprint density at radius 3 is 2.58 bits per heavy atom. The maximum atomic E-state index is 12.4. The van der Waals surface area contributed by atoms with Gasteiger partial charge in [0, 0.05) is 41.9 Å². The number of likely N-dealkylation sites (tertiary alicyclic amines) is 1. The Bertz CT molecular complexity index is 939. The van der Waals surface area contributed by atoms with Gasteiger partial charge in [0.2, 0.25) is 5.78 Å². The first kappa shape index (κ1) is 16.6. The van der Waals surface area contributed by atoms with Crippen LogP contribution >= 0.6 is 0 Å². The number of carbonyl (C=O) groups excluding carboxylic acids is 1. The van der Waals surface area contributed by atoms with Crippen LogP contribution < -0.4 is 5.32 Å². The lowest BCUT2D eigenvalue weighted by molar-refractivity contribution is 0.0793. The Balaban J connectivity index is 1.43. The van der Waals surface area contributed by atoms with Gasteiger partial charge in [-0.1, -0.05) is 0 Å². The molecule has 1 saturated heterocycles. The molecule has 134 valence electrons. The smallest absolute Gasteiger partial charge is 0.253 e. The number of nitrogens with zero attached hydrogens (tertiary/aromatic N) is 4. The van der Waals surface area contributed by atoms with E-state index in [2.05, 4.69) is 22.2 Å². The monoisotopic (exact) mass is 349 g/mol. The second kappa shape index (κ2) is 6.78. The van der Waals surface area contributed by atoms with Crippen LogP contribution in [-0.4, -0.2) is 38.3 Å². The molecule has 1 aliphatic rings. The molecule has 0 spiro atoms. The summed E-state index contributed by atoms with van der Waals surface area (Å²) in [5.41, 5.74) is 4.75. The van der Waals surface area contributed by atoms with E-state index in [1.165, 1.54) is 0 Å². The van der Waals surface area contributed by atoms with Gasteiger partial charge in [0.15, 0.2) is 0 Å². The predicted molar refractivity (Wildman–Crippen MR) is 101 cm³/mol. The van der Waals surface area contributed by atoms with E-state index in [9.17, 15) is 4.79 Å². The minimum absolute atomic E-state index is 0.131. The van der Waals surface area contributed by atoms with Crippen molar-refractivity contribution in [2.24, 2.45) is 0 Å². The molecule has 0 bridgehead atoms. The fourth-order valence-electron chi connectivity index (χ4n) is 3.43. The van der Waals surface area contributed by atoms with Crippen LogP contribution in [-0.2, 0) is 6.54 Å². The van der Waals surface area contributed by atoms with E-state index in [1.54, 1.807) is 0 Å².